The maximum atomic E-state index is 12.6. The van der Waals surface area contributed by atoms with Crippen molar-refractivity contribution in [3.05, 3.63) is 17.0 Å². The van der Waals surface area contributed by atoms with Crippen molar-refractivity contribution in [1.29, 1.82) is 0 Å². The van der Waals surface area contributed by atoms with E-state index in [0.29, 0.717) is 6.54 Å². The van der Waals surface area contributed by atoms with Crippen LogP contribution in [0.3, 0.4) is 0 Å². The summed E-state index contributed by atoms with van der Waals surface area (Å²) >= 11 is 5.62. The normalized spacial score (nSPS) is 21.5. The predicted molar refractivity (Wildman–Crippen MR) is 74.4 cm³/mol. The monoisotopic (exact) mass is 323 g/mol. The van der Waals surface area contributed by atoms with Crippen LogP contribution in [0.15, 0.2) is 6.07 Å². The molecule has 0 bridgehead atoms. The summed E-state index contributed by atoms with van der Waals surface area (Å²) in [5.74, 6) is -1.14. The fourth-order valence-electron chi connectivity index (χ4n) is 2.18. The second-order valence-electron chi connectivity index (χ2n) is 5.17. The van der Waals surface area contributed by atoms with Crippen LogP contribution in [-0.2, 0) is 6.18 Å². The quantitative estimate of drug-likeness (QED) is 0.860. The molecule has 1 aromatic rings. The Bertz CT molecular complexity index is 496. The SMILES string of the molecule is CN1CCN(C)C(CNc2cc(Cl)nc(C(F)(F)F)n2)C1. The molecular weight excluding hydrogens is 307 g/mol. The molecule has 2 rings (SSSR count). The van der Waals surface area contributed by atoms with Crippen LogP contribution in [-0.4, -0.2) is 66.1 Å². The van der Waals surface area contributed by atoms with Crippen molar-refractivity contribution in [2.45, 2.75) is 12.2 Å². The van der Waals surface area contributed by atoms with E-state index in [1.54, 1.807) is 0 Å². The van der Waals surface area contributed by atoms with Gasteiger partial charge >= 0.3 is 6.18 Å². The largest absolute Gasteiger partial charge is 0.451 e. The molecule has 0 aromatic carbocycles. The molecule has 118 valence electrons. The van der Waals surface area contributed by atoms with Crippen LogP contribution < -0.4 is 5.32 Å². The van der Waals surface area contributed by atoms with Crippen LogP contribution in [0.1, 0.15) is 5.82 Å². The Hall–Kier alpha value is -1.12. The van der Waals surface area contributed by atoms with Crippen LogP contribution in [0, 0.1) is 0 Å². The second-order valence-corrected chi connectivity index (χ2v) is 5.56. The first-order valence-corrected chi connectivity index (χ1v) is 6.88. The number of aromatic nitrogens is 2. The molecule has 0 aliphatic carbocycles. The van der Waals surface area contributed by atoms with Gasteiger partial charge in [0.2, 0.25) is 5.82 Å². The van der Waals surface area contributed by atoms with E-state index in [4.69, 9.17) is 11.6 Å². The molecule has 0 radical (unpaired) electrons. The average molecular weight is 324 g/mol. The lowest BCUT2D eigenvalue weighted by Gasteiger charge is -2.37. The fraction of sp³-hybridized carbons (Fsp3) is 0.667. The zero-order chi connectivity index (χ0) is 15.6. The summed E-state index contributed by atoms with van der Waals surface area (Å²) < 4.78 is 37.9. The van der Waals surface area contributed by atoms with Gasteiger partial charge in [0.1, 0.15) is 11.0 Å². The topological polar surface area (TPSA) is 44.3 Å². The standard InChI is InChI=1S/C12H17ClF3N5/c1-20-3-4-21(2)8(7-20)6-17-10-5-9(13)18-11(19-10)12(14,15)16/h5,8H,3-4,6-7H2,1-2H3,(H,17,18,19). The number of hydrogen-bond acceptors (Lipinski definition) is 5. The van der Waals surface area contributed by atoms with Gasteiger partial charge in [-0.25, -0.2) is 9.97 Å². The highest BCUT2D eigenvalue weighted by molar-refractivity contribution is 6.29. The molecule has 1 aliphatic heterocycles. The van der Waals surface area contributed by atoms with Crippen molar-refractivity contribution < 1.29 is 13.2 Å². The van der Waals surface area contributed by atoms with Gasteiger partial charge in [-0.15, -0.1) is 0 Å². The van der Waals surface area contributed by atoms with Crippen LogP contribution in [0.25, 0.3) is 0 Å². The van der Waals surface area contributed by atoms with Gasteiger partial charge in [-0.1, -0.05) is 11.6 Å². The summed E-state index contributed by atoms with van der Waals surface area (Å²) in [5.41, 5.74) is 0. The second kappa shape index (κ2) is 6.33. The fourth-order valence-corrected chi connectivity index (χ4v) is 2.36. The summed E-state index contributed by atoms with van der Waals surface area (Å²) in [5, 5.41) is 2.69. The van der Waals surface area contributed by atoms with E-state index in [-0.39, 0.29) is 17.0 Å². The molecule has 1 atom stereocenters. The smallest absolute Gasteiger partial charge is 0.368 e. The van der Waals surface area contributed by atoms with Crippen LogP contribution in [0.2, 0.25) is 5.15 Å². The zero-order valence-corrected chi connectivity index (χ0v) is 12.5. The van der Waals surface area contributed by atoms with Crippen molar-refractivity contribution in [2.75, 3.05) is 45.6 Å². The van der Waals surface area contributed by atoms with Gasteiger partial charge in [-0.2, -0.15) is 13.2 Å². The maximum Gasteiger partial charge on any atom is 0.451 e. The molecule has 0 saturated carbocycles. The maximum absolute atomic E-state index is 12.6. The lowest BCUT2D eigenvalue weighted by atomic mass is 10.2. The summed E-state index contributed by atoms with van der Waals surface area (Å²) in [6.07, 6.45) is -4.61. The van der Waals surface area contributed by atoms with Crippen molar-refractivity contribution in [3.8, 4) is 0 Å². The third-order valence-corrected chi connectivity index (χ3v) is 3.64. The third kappa shape index (κ3) is 4.42. The van der Waals surface area contributed by atoms with Gasteiger partial charge < -0.3 is 10.2 Å². The molecule has 0 amide bonds. The van der Waals surface area contributed by atoms with Crippen molar-refractivity contribution in [3.63, 3.8) is 0 Å². The average Bonchev–Trinajstić information content (AvgIpc) is 2.38. The highest BCUT2D eigenvalue weighted by Gasteiger charge is 2.35. The van der Waals surface area contributed by atoms with E-state index in [0.717, 1.165) is 19.6 Å². The minimum atomic E-state index is -4.61. The predicted octanol–water partition coefficient (Wildman–Crippen LogP) is 1.81. The number of hydrogen-bond donors (Lipinski definition) is 1. The van der Waals surface area contributed by atoms with Crippen LogP contribution >= 0.6 is 11.6 Å². The summed E-state index contributed by atoms with van der Waals surface area (Å²) in [6.45, 7) is 3.23. The van der Waals surface area contributed by atoms with E-state index >= 15 is 0 Å². The number of nitrogens with one attached hydrogen (secondary N) is 1. The minimum absolute atomic E-state index is 0.0870. The van der Waals surface area contributed by atoms with Gasteiger partial charge in [0.25, 0.3) is 0 Å². The van der Waals surface area contributed by atoms with Crippen molar-refractivity contribution in [1.82, 2.24) is 19.8 Å². The number of rotatable bonds is 3. The number of piperazine rings is 1. The molecule has 1 aliphatic rings. The Morgan fingerprint density at radius 1 is 1.33 bits per heavy atom. The van der Waals surface area contributed by atoms with E-state index in [9.17, 15) is 13.2 Å². The molecule has 0 spiro atoms. The molecule has 1 unspecified atom stereocenters. The molecule has 1 aromatic heterocycles. The Morgan fingerprint density at radius 3 is 2.71 bits per heavy atom. The molecule has 21 heavy (non-hydrogen) atoms. The van der Waals surface area contributed by atoms with E-state index in [2.05, 4.69) is 25.1 Å². The van der Waals surface area contributed by atoms with Gasteiger partial charge in [0.05, 0.1) is 0 Å². The number of halogens is 4. The van der Waals surface area contributed by atoms with Crippen LogP contribution in [0.4, 0.5) is 19.0 Å². The first-order chi connectivity index (χ1) is 9.75. The number of likely N-dealkylation sites (N-methyl/N-ethyl adjacent to an activating group) is 2. The molecule has 1 N–H and O–H groups in total. The molecule has 5 nitrogen and oxygen atoms in total. The van der Waals surface area contributed by atoms with E-state index in [1.165, 1.54) is 6.07 Å². The first-order valence-electron chi connectivity index (χ1n) is 6.50. The molecule has 1 fully saturated rings. The minimum Gasteiger partial charge on any atom is -0.368 e. The lowest BCUT2D eigenvalue weighted by Crippen LogP contribution is -2.52. The highest BCUT2D eigenvalue weighted by atomic mass is 35.5. The summed E-state index contributed by atoms with van der Waals surface area (Å²) in [6, 6.07) is 1.50. The molecule has 1 saturated heterocycles. The Morgan fingerprint density at radius 2 is 2.05 bits per heavy atom. The van der Waals surface area contributed by atoms with Crippen LogP contribution in [0.5, 0.6) is 0 Å². The highest BCUT2D eigenvalue weighted by Crippen LogP contribution is 2.28. The molecular formula is C12H17ClF3N5. The Labute approximate surface area is 126 Å². The number of nitrogens with zero attached hydrogens (tertiary/aromatic N) is 4. The first kappa shape index (κ1) is 16.3. The summed E-state index contributed by atoms with van der Waals surface area (Å²) in [7, 11) is 4.01. The Kier molecular flexibility index (Phi) is 4.90. The van der Waals surface area contributed by atoms with Gasteiger partial charge in [0.15, 0.2) is 0 Å². The third-order valence-electron chi connectivity index (χ3n) is 3.45. The number of anilines is 1. The van der Waals surface area contributed by atoms with Crippen molar-refractivity contribution >= 4 is 17.4 Å². The number of alkyl halides is 3. The van der Waals surface area contributed by atoms with Gasteiger partial charge in [-0.3, -0.25) is 4.90 Å². The van der Waals surface area contributed by atoms with Gasteiger partial charge in [0, 0.05) is 38.3 Å². The molecule has 9 heteroatoms. The molecule has 2 heterocycles. The summed E-state index contributed by atoms with van der Waals surface area (Å²) in [4.78, 5) is 11.0. The lowest BCUT2D eigenvalue weighted by molar-refractivity contribution is -0.144. The Balaban J connectivity index is 2.04. The van der Waals surface area contributed by atoms with E-state index in [1.807, 2.05) is 14.1 Å². The zero-order valence-electron chi connectivity index (χ0n) is 11.8. The van der Waals surface area contributed by atoms with E-state index < -0.39 is 12.0 Å². The van der Waals surface area contributed by atoms with Gasteiger partial charge in [-0.05, 0) is 14.1 Å². The van der Waals surface area contributed by atoms with Crippen molar-refractivity contribution in [2.24, 2.45) is 0 Å².